The largest absolute Gasteiger partial charge is 0.367 e. The van der Waals surface area contributed by atoms with Crippen LogP contribution in [0.25, 0.3) is 0 Å². The Morgan fingerprint density at radius 1 is 0.905 bits per heavy atom. The molecule has 0 aromatic heterocycles. The highest BCUT2D eigenvalue weighted by Gasteiger charge is 2.49. The summed E-state index contributed by atoms with van der Waals surface area (Å²) in [6.07, 6.45) is 5.68. The lowest BCUT2D eigenvalue weighted by atomic mass is 9.61. The van der Waals surface area contributed by atoms with Gasteiger partial charge in [0.05, 0.1) is 5.60 Å². The van der Waals surface area contributed by atoms with Crippen molar-refractivity contribution in [1.29, 1.82) is 0 Å². The van der Waals surface area contributed by atoms with Gasteiger partial charge in [-0.3, -0.25) is 0 Å². The fourth-order valence-electron chi connectivity index (χ4n) is 3.83. The number of hydrogen-bond acceptors (Lipinski definition) is 2. The second kappa shape index (κ2) is 6.58. The van der Waals surface area contributed by atoms with E-state index >= 15 is 0 Å². The van der Waals surface area contributed by atoms with Crippen LogP contribution in [0.15, 0.2) is 0 Å². The third-order valence-corrected chi connectivity index (χ3v) is 6.33. The predicted molar refractivity (Wildman–Crippen MR) is 90.1 cm³/mol. The fraction of sp³-hybridized carbons (Fsp3) is 1.00. The van der Waals surface area contributed by atoms with Gasteiger partial charge in [-0.2, -0.15) is 0 Å². The molecule has 0 saturated heterocycles. The molecule has 1 fully saturated rings. The Bertz CT molecular complexity index is 321. The van der Waals surface area contributed by atoms with Crippen molar-refractivity contribution in [2.24, 2.45) is 22.7 Å². The monoisotopic (exact) mass is 298 g/mol. The Kier molecular flexibility index (Phi) is 5.94. The number of aliphatic hydroxyl groups excluding tert-OH is 1. The quantitative estimate of drug-likeness (QED) is 0.690. The van der Waals surface area contributed by atoms with Gasteiger partial charge in [-0.25, -0.2) is 0 Å². The lowest BCUT2D eigenvalue weighted by molar-refractivity contribution is -0.272. The first kappa shape index (κ1) is 19.0. The van der Waals surface area contributed by atoms with Crippen LogP contribution in [-0.4, -0.2) is 17.0 Å². The first-order chi connectivity index (χ1) is 9.43. The molecule has 1 saturated carbocycles. The van der Waals surface area contributed by atoms with Gasteiger partial charge in [-0.1, -0.05) is 60.8 Å². The molecule has 21 heavy (non-hydrogen) atoms. The lowest BCUT2D eigenvalue weighted by Crippen LogP contribution is -2.52. The van der Waals surface area contributed by atoms with Crippen molar-refractivity contribution in [3.05, 3.63) is 0 Å². The smallest absolute Gasteiger partial charge is 0.161 e. The van der Waals surface area contributed by atoms with Crippen LogP contribution in [-0.2, 0) is 4.74 Å². The summed E-state index contributed by atoms with van der Waals surface area (Å²) in [5.74, 6) is 0.923. The Hall–Kier alpha value is -0.0800. The summed E-state index contributed by atoms with van der Waals surface area (Å²) < 4.78 is 6.29. The average molecular weight is 299 g/mol. The molecule has 2 unspecified atom stereocenters. The molecule has 0 aliphatic heterocycles. The van der Waals surface area contributed by atoms with Gasteiger partial charge in [0.25, 0.3) is 0 Å². The van der Waals surface area contributed by atoms with Crippen molar-refractivity contribution < 1.29 is 9.84 Å². The normalized spacial score (nSPS) is 23.1. The molecule has 0 amide bonds. The maximum atomic E-state index is 10.9. The first-order valence-corrected chi connectivity index (χ1v) is 8.79. The highest BCUT2D eigenvalue weighted by Crippen LogP contribution is 2.49. The standard InChI is InChI=1S/C19H38O2/c1-14(2)19(8,17(3,4)5)16(20)21-18(6,7)15-12-10-9-11-13-15/h14-16,20H,9-13H2,1-8H3. The Morgan fingerprint density at radius 3 is 1.76 bits per heavy atom. The highest BCUT2D eigenvalue weighted by molar-refractivity contribution is 4.93. The molecule has 0 bridgehead atoms. The SMILES string of the molecule is CC(C)C(C)(C(O)OC(C)(C)C1CCCCC1)C(C)(C)C. The molecule has 1 rings (SSSR count). The molecule has 0 radical (unpaired) electrons. The fourth-order valence-corrected chi connectivity index (χ4v) is 3.83. The van der Waals surface area contributed by atoms with Crippen molar-refractivity contribution in [1.82, 2.24) is 0 Å². The van der Waals surface area contributed by atoms with Gasteiger partial charge in [0.1, 0.15) is 0 Å². The lowest BCUT2D eigenvalue weighted by Gasteiger charge is -2.51. The number of hydrogen-bond donors (Lipinski definition) is 1. The van der Waals surface area contributed by atoms with Crippen molar-refractivity contribution >= 4 is 0 Å². The predicted octanol–water partition coefficient (Wildman–Crippen LogP) is 5.39. The van der Waals surface area contributed by atoms with Gasteiger partial charge in [-0.05, 0) is 43.9 Å². The van der Waals surface area contributed by atoms with Crippen molar-refractivity contribution in [2.45, 2.75) is 99.4 Å². The van der Waals surface area contributed by atoms with E-state index in [-0.39, 0.29) is 16.4 Å². The van der Waals surface area contributed by atoms with Crippen LogP contribution in [0.3, 0.4) is 0 Å². The van der Waals surface area contributed by atoms with Crippen LogP contribution in [0.4, 0.5) is 0 Å². The molecule has 1 aliphatic carbocycles. The molecular formula is C19H38O2. The zero-order valence-corrected chi connectivity index (χ0v) is 15.6. The number of ether oxygens (including phenoxy) is 1. The Morgan fingerprint density at radius 2 is 1.38 bits per heavy atom. The van der Waals surface area contributed by atoms with E-state index in [0.717, 1.165) is 0 Å². The Balaban J connectivity index is 2.88. The summed E-state index contributed by atoms with van der Waals surface area (Å²) >= 11 is 0. The van der Waals surface area contributed by atoms with Crippen molar-refractivity contribution in [3.63, 3.8) is 0 Å². The van der Waals surface area contributed by atoms with Crippen LogP contribution < -0.4 is 0 Å². The maximum Gasteiger partial charge on any atom is 0.161 e. The molecule has 0 aromatic carbocycles. The summed E-state index contributed by atoms with van der Waals surface area (Å²) in [7, 11) is 0. The van der Waals surface area contributed by atoms with Gasteiger partial charge in [0.2, 0.25) is 0 Å². The highest BCUT2D eigenvalue weighted by atomic mass is 16.6. The molecule has 0 heterocycles. The van der Waals surface area contributed by atoms with E-state index in [0.29, 0.717) is 11.8 Å². The van der Waals surface area contributed by atoms with Crippen LogP contribution >= 0.6 is 0 Å². The van der Waals surface area contributed by atoms with Gasteiger partial charge < -0.3 is 9.84 Å². The zero-order chi connectivity index (χ0) is 16.5. The minimum absolute atomic E-state index is 0.0107. The number of rotatable bonds is 5. The van der Waals surface area contributed by atoms with E-state index in [9.17, 15) is 5.11 Å². The van der Waals surface area contributed by atoms with Crippen molar-refractivity contribution in [2.75, 3.05) is 0 Å². The average Bonchev–Trinajstić information content (AvgIpc) is 2.36. The topological polar surface area (TPSA) is 29.5 Å². The van der Waals surface area contributed by atoms with Gasteiger partial charge in [0, 0.05) is 5.41 Å². The molecule has 126 valence electrons. The maximum absolute atomic E-state index is 10.9. The van der Waals surface area contributed by atoms with Crippen molar-refractivity contribution in [3.8, 4) is 0 Å². The van der Waals surface area contributed by atoms with E-state index in [1.165, 1.54) is 32.1 Å². The summed E-state index contributed by atoms with van der Waals surface area (Å²) in [6.45, 7) is 17.5. The molecule has 2 atom stereocenters. The summed E-state index contributed by atoms with van der Waals surface area (Å²) in [4.78, 5) is 0. The summed E-state index contributed by atoms with van der Waals surface area (Å²) in [6, 6.07) is 0. The van der Waals surface area contributed by atoms with E-state index in [4.69, 9.17) is 4.74 Å². The first-order valence-electron chi connectivity index (χ1n) is 8.79. The zero-order valence-electron chi connectivity index (χ0n) is 15.6. The number of aliphatic hydroxyl groups is 1. The van der Waals surface area contributed by atoms with Gasteiger partial charge in [0.15, 0.2) is 6.29 Å². The van der Waals surface area contributed by atoms with Gasteiger partial charge >= 0.3 is 0 Å². The van der Waals surface area contributed by atoms with Crippen LogP contribution in [0.1, 0.15) is 87.5 Å². The minimum Gasteiger partial charge on any atom is -0.367 e. The molecular weight excluding hydrogens is 260 g/mol. The second-order valence-corrected chi connectivity index (χ2v) is 9.10. The minimum atomic E-state index is -0.727. The summed E-state index contributed by atoms with van der Waals surface area (Å²) in [5.41, 5.74) is -0.524. The Labute approximate surface area is 132 Å². The molecule has 2 nitrogen and oxygen atoms in total. The van der Waals surface area contributed by atoms with E-state index in [2.05, 4.69) is 55.4 Å². The third kappa shape index (κ3) is 4.01. The van der Waals surface area contributed by atoms with Crippen LogP contribution in [0.2, 0.25) is 0 Å². The second-order valence-electron chi connectivity index (χ2n) is 9.10. The summed E-state index contributed by atoms with van der Waals surface area (Å²) in [5, 5.41) is 10.9. The van der Waals surface area contributed by atoms with E-state index in [1.54, 1.807) is 0 Å². The van der Waals surface area contributed by atoms with E-state index < -0.39 is 6.29 Å². The molecule has 1 N–H and O–H groups in total. The van der Waals surface area contributed by atoms with Gasteiger partial charge in [-0.15, -0.1) is 0 Å². The van der Waals surface area contributed by atoms with E-state index in [1.807, 2.05) is 0 Å². The molecule has 1 aliphatic rings. The molecule has 0 aromatic rings. The third-order valence-electron chi connectivity index (χ3n) is 6.33. The van der Waals surface area contributed by atoms with Crippen LogP contribution in [0, 0.1) is 22.7 Å². The molecule has 2 heteroatoms. The molecule has 0 spiro atoms. The van der Waals surface area contributed by atoms with Crippen LogP contribution in [0.5, 0.6) is 0 Å².